The Morgan fingerprint density at radius 1 is 1.39 bits per heavy atom. The van der Waals surface area contributed by atoms with E-state index in [0.717, 1.165) is 12.0 Å². The maximum atomic E-state index is 10.7. The zero-order valence-corrected chi connectivity index (χ0v) is 10.1. The van der Waals surface area contributed by atoms with E-state index in [4.69, 9.17) is 9.94 Å². The average molecular weight is 250 g/mol. The lowest BCUT2D eigenvalue weighted by molar-refractivity contribution is -0.140. The number of benzene rings is 1. The maximum absolute atomic E-state index is 10.7. The largest absolute Gasteiger partial charge is 0.480 e. The molecule has 2 atom stereocenters. The summed E-state index contributed by atoms with van der Waals surface area (Å²) in [5.41, 5.74) is 4.08. The molecule has 1 aromatic rings. The summed E-state index contributed by atoms with van der Waals surface area (Å²) in [5.74, 6) is -0.779. The van der Waals surface area contributed by atoms with Gasteiger partial charge in [0.05, 0.1) is 6.61 Å². The number of carboxylic acid groups (broad SMARTS) is 1. The van der Waals surface area contributed by atoms with Crippen LogP contribution in [-0.2, 0) is 16.2 Å². The Labute approximate surface area is 106 Å². The van der Waals surface area contributed by atoms with E-state index in [2.05, 4.69) is 10.8 Å². The predicted octanol–water partition coefficient (Wildman–Crippen LogP) is 0.913. The van der Waals surface area contributed by atoms with Crippen LogP contribution in [0.25, 0.3) is 0 Å². The summed E-state index contributed by atoms with van der Waals surface area (Å²) >= 11 is 0. The fourth-order valence-corrected chi connectivity index (χ4v) is 1.98. The van der Waals surface area contributed by atoms with Crippen LogP contribution in [0.3, 0.4) is 0 Å². The zero-order valence-electron chi connectivity index (χ0n) is 10.1. The SMILES string of the molecule is O=C(O)[C@H]1CC[C@H](NOCc2ccccc2)CN1. The number of carboxylic acids is 1. The second-order valence-electron chi connectivity index (χ2n) is 4.47. The Morgan fingerprint density at radius 2 is 2.17 bits per heavy atom. The van der Waals surface area contributed by atoms with Crippen molar-refractivity contribution in [3.8, 4) is 0 Å². The molecular formula is C13H18N2O3. The molecule has 0 saturated carbocycles. The van der Waals surface area contributed by atoms with Crippen molar-refractivity contribution in [2.75, 3.05) is 6.54 Å². The standard InChI is InChI=1S/C13H18N2O3/c16-13(17)12-7-6-11(8-14-12)15-18-9-10-4-2-1-3-5-10/h1-5,11-12,14-15H,6-9H2,(H,16,17)/t11-,12+/m0/s1. The van der Waals surface area contributed by atoms with Crippen LogP contribution in [0.5, 0.6) is 0 Å². The summed E-state index contributed by atoms with van der Waals surface area (Å²) in [6, 6.07) is 9.66. The predicted molar refractivity (Wildman–Crippen MR) is 66.8 cm³/mol. The minimum absolute atomic E-state index is 0.171. The Balaban J connectivity index is 1.65. The van der Waals surface area contributed by atoms with E-state index in [1.807, 2.05) is 30.3 Å². The van der Waals surface area contributed by atoms with E-state index in [9.17, 15) is 4.79 Å². The Kier molecular flexibility index (Phi) is 4.69. The first-order chi connectivity index (χ1) is 8.75. The molecule has 1 aromatic carbocycles. The van der Waals surface area contributed by atoms with Crippen molar-refractivity contribution in [3.05, 3.63) is 35.9 Å². The molecule has 0 radical (unpaired) electrons. The first kappa shape index (κ1) is 13.0. The van der Waals surface area contributed by atoms with Crippen molar-refractivity contribution >= 4 is 5.97 Å². The summed E-state index contributed by atoms with van der Waals surface area (Å²) in [5, 5.41) is 11.8. The van der Waals surface area contributed by atoms with Crippen LogP contribution in [-0.4, -0.2) is 29.7 Å². The van der Waals surface area contributed by atoms with Crippen molar-refractivity contribution in [2.24, 2.45) is 0 Å². The van der Waals surface area contributed by atoms with E-state index in [1.165, 1.54) is 0 Å². The van der Waals surface area contributed by atoms with E-state index >= 15 is 0 Å². The molecule has 1 heterocycles. The molecule has 0 aliphatic carbocycles. The van der Waals surface area contributed by atoms with Crippen LogP contribution in [0.2, 0.25) is 0 Å². The third-order valence-corrected chi connectivity index (χ3v) is 3.04. The van der Waals surface area contributed by atoms with Crippen LogP contribution >= 0.6 is 0 Å². The monoisotopic (exact) mass is 250 g/mol. The molecule has 3 N–H and O–H groups in total. The quantitative estimate of drug-likeness (QED) is 0.678. The molecule has 2 rings (SSSR count). The maximum Gasteiger partial charge on any atom is 0.320 e. The minimum Gasteiger partial charge on any atom is -0.480 e. The van der Waals surface area contributed by atoms with Crippen molar-refractivity contribution in [3.63, 3.8) is 0 Å². The Bertz CT molecular complexity index is 375. The second kappa shape index (κ2) is 6.49. The summed E-state index contributed by atoms with van der Waals surface area (Å²) in [4.78, 5) is 16.2. The van der Waals surface area contributed by atoms with Crippen LogP contribution in [0.4, 0.5) is 0 Å². The van der Waals surface area contributed by atoms with Crippen LogP contribution in [0.15, 0.2) is 30.3 Å². The lowest BCUT2D eigenvalue weighted by Gasteiger charge is -2.27. The molecular weight excluding hydrogens is 232 g/mol. The summed E-state index contributed by atoms with van der Waals surface area (Å²) in [6.07, 6.45) is 1.43. The van der Waals surface area contributed by atoms with E-state index < -0.39 is 12.0 Å². The average Bonchev–Trinajstić information content (AvgIpc) is 2.40. The first-order valence-corrected chi connectivity index (χ1v) is 6.13. The fourth-order valence-electron chi connectivity index (χ4n) is 1.98. The van der Waals surface area contributed by atoms with Gasteiger partial charge in [-0.15, -0.1) is 0 Å². The molecule has 0 spiro atoms. The van der Waals surface area contributed by atoms with Gasteiger partial charge in [0.2, 0.25) is 0 Å². The van der Waals surface area contributed by atoms with Gasteiger partial charge in [-0.3, -0.25) is 9.63 Å². The third kappa shape index (κ3) is 3.80. The van der Waals surface area contributed by atoms with Gasteiger partial charge in [-0.1, -0.05) is 30.3 Å². The van der Waals surface area contributed by atoms with Gasteiger partial charge in [0.1, 0.15) is 6.04 Å². The van der Waals surface area contributed by atoms with E-state index in [1.54, 1.807) is 0 Å². The fraction of sp³-hybridized carbons (Fsp3) is 0.462. The summed E-state index contributed by atoms with van der Waals surface area (Å²) in [7, 11) is 0. The molecule has 0 amide bonds. The molecule has 1 aliphatic heterocycles. The highest BCUT2D eigenvalue weighted by Crippen LogP contribution is 2.09. The molecule has 5 nitrogen and oxygen atoms in total. The molecule has 18 heavy (non-hydrogen) atoms. The lowest BCUT2D eigenvalue weighted by atomic mass is 10.0. The van der Waals surface area contributed by atoms with Crippen molar-refractivity contribution < 1.29 is 14.7 Å². The molecule has 0 aromatic heterocycles. The minimum atomic E-state index is -0.779. The number of nitrogens with one attached hydrogen (secondary N) is 2. The van der Waals surface area contributed by atoms with Gasteiger partial charge in [0.15, 0.2) is 0 Å². The molecule has 1 saturated heterocycles. The third-order valence-electron chi connectivity index (χ3n) is 3.04. The van der Waals surface area contributed by atoms with E-state index in [0.29, 0.717) is 19.6 Å². The lowest BCUT2D eigenvalue weighted by Crippen LogP contribution is -2.50. The highest BCUT2D eigenvalue weighted by molar-refractivity contribution is 5.73. The number of carbonyl (C=O) groups is 1. The molecule has 0 unspecified atom stereocenters. The van der Waals surface area contributed by atoms with Gasteiger partial charge in [-0.05, 0) is 18.4 Å². The molecule has 98 valence electrons. The Morgan fingerprint density at radius 3 is 2.78 bits per heavy atom. The van der Waals surface area contributed by atoms with Crippen molar-refractivity contribution in [1.82, 2.24) is 10.8 Å². The number of piperidine rings is 1. The molecule has 1 aliphatic rings. The molecule has 1 fully saturated rings. The molecule has 0 bridgehead atoms. The first-order valence-electron chi connectivity index (χ1n) is 6.13. The van der Waals surface area contributed by atoms with Gasteiger partial charge in [0.25, 0.3) is 0 Å². The van der Waals surface area contributed by atoms with Crippen LogP contribution < -0.4 is 10.8 Å². The van der Waals surface area contributed by atoms with Gasteiger partial charge >= 0.3 is 5.97 Å². The summed E-state index contributed by atoms with van der Waals surface area (Å²) in [6.45, 7) is 1.13. The number of hydroxylamine groups is 1. The highest BCUT2D eigenvalue weighted by atomic mass is 16.6. The van der Waals surface area contributed by atoms with Gasteiger partial charge in [0, 0.05) is 12.6 Å². The zero-order chi connectivity index (χ0) is 12.8. The second-order valence-corrected chi connectivity index (χ2v) is 4.47. The van der Waals surface area contributed by atoms with Crippen molar-refractivity contribution in [1.29, 1.82) is 0 Å². The number of hydrogen-bond acceptors (Lipinski definition) is 4. The smallest absolute Gasteiger partial charge is 0.320 e. The highest BCUT2D eigenvalue weighted by Gasteiger charge is 2.25. The van der Waals surface area contributed by atoms with Gasteiger partial charge in [-0.25, -0.2) is 0 Å². The number of aliphatic carboxylic acids is 1. The number of hydrogen-bond donors (Lipinski definition) is 3. The van der Waals surface area contributed by atoms with E-state index in [-0.39, 0.29) is 6.04 Å². The molecule has 5 heteroatoms. The topological polar surface area (TPSA) is 70.6 Å². The van der Waals surface area contributed by atoms with Crippen LogP contribution in [0, 0.1) is 0 Å². The van der Waals surface area contributed by atoms with Gasteiger partial charge in [-0.2, -0.15) is 5.48 Å². The number of rotatable bonds is 5. The summed E-state index contributed by atoms with van der Waals surface area (Å²) < 4.78 is 0. The van der Waals surface area contributed by atoms with Crippen LogP contribution in [0.1, 0.15) is 18.4 Å². The Hall–Kier alpha value is -1.43. The van der Waals surface area contributed by atoms with Gasteiger partial charge < -0.3 is 10.4 Å². The van der Waals surface area contributed by atoms with Crippen molar-refractivity contribution in [2.45, 2.75) is 31.5 Å². The normalized spacial score (nSPS) is 23.8.